The van der Waals surface area contributed by atoms with Crippen LogP contribution in [0, 0.1) is 0 Å². The molecule has 1 aromatic carbocycles. The van der Waals surface area contributed by atoms with Gasteiger partial charge in [-0.1, -0.05) is 26.0 Å². The second kappa shape index (κ2) is 7.30. The lowest BCUT2D eigenvalue weighted by Gasteiger charge is -2.18. The number of rotatable bonds is 7. The maximum absolute atomic E-state index is 5.22. The molecule has 1 aromatic rings. The predicted molar refractivity (Wildman–Crippen MR) is 72.5 cm³/mol. The van der Waals surface area contributed by atoms with E-state index >= 15 is 0 Å². The van der Waals surface area contributed by atoms with Crippen LogP contribution in [0.15, 0.2) is 24.3 Å². The molecule has 0 radical (unpaired) electrons. The van der Waals surface area contributed by atoms with Crippen molar-refractivity contribution >= 4 is 0 Å². The quantitative estimate of drug-likeness (QED) is 0.785. The zero-order chi connectivity index (χ0) is 12.7. The van der Waals surface area contributed by atoms with Gasteiger partial charge >= 0.3 is 0 Å². The van der Waals surface area contributed by atoms with Gasteiger partial charge < -0.3 is 15.0 Å². The van der Waals surface area contributed by atoms with Crippen molar-refractivity contribution in [3.05, 3.63) is 29.8 Å². The first-order valence-corrected chi connectivity index (χ1v) is 6.16. The van der Waals surface area contributed by atoms with Crippen molar-refractivity contribution in [2.45, 2.75) is 26.4 Å². The highest BCUT2D eigenvalue weighted by molar-refractivity contribution is 5.28. The first kappa shape index (κ1) is 14.0. The number of nitrogens with zero attached hydrogens (tertiary/aromatic N) is 1. The molecule has 0 saturated carbocycles. The Kier molecular flexibility index (Phi) is 6.01. The highest BCUT2D eigenvalue weighted by atomic mass is 16.5. The molecule has 0 aromatic heterocycles. The minimum absolute atomic E-state index is 0.556. The van der Waals surface area contributed by atoms with Crippen LogP contribution in [0.4, 0.5) is 0 Å². The molecule has 17 heavy (non-hydrogen) atoms. The zero-order valence-corrected chi connectivity index (χ0v) is 11.4. The number of nitrogens with one attached hydrogen (secondary N) is 1. The molecule has 0 unspecified atom stereocenters. The van der Waals surface area contributed by atoms with Crippen LogP contribution >= 0.6 is 0 Å². The minimum atomic E-state index is 0.556. The van der Waals surface area contributed by atoms with E-state index in [-0.39, 0.29) is 0 Å². The number of likely N-dealkylation sites (N-methyl/N-ethyl adjacent to an activating group) is 1. The normalized spacial score (nSPS) is 11.2. The summed E-state index contributed by atoms with van der Waals surface area (Å²) in [6, 6.07) is 8.79. The molecule has 0 bridgehead atoms. The third kappa shape index (κ3) is 5.71. The second-order valence-electron chi connectivity index (χ2n) is 4.70. The van der Waals surface area contributed by atoms with Gasteiger partial charge in [0.2, 0.25) is 0 Å². The van der Waals surface area contributed by atoms with E-state index in [9.17, 15) is 0 Å². The molecule has 0 fully saturated rings. The molecular weight excluding hydrogens is 212 g/mol. The highest BCUT2D eigenvalue weighted by Crippen LogP contribution is 2.13. The summed E-state index contributed by atoms with van der Waals surface area (Å²) >= 11 is 0. The standard InChI is InChI=1S/C14H24N2O/c1-12(2)15-8-9-16(3)11-13-6-5-7-14(10-13)17-4/h5-7,10,12,15H,8-9,11H2,1-4H3. The van der Waals surface area contributed by atoms with Gasteiger partial charge in [-0.25, -0.2) is 0 Å². The van der Waals surface area contributed by atoms with Crippen LogP contribution in [-0.2, 0) is 6.54 Å². The lowest BCUT2D eigenvalue weighted by Crippen LogP contribution is -2.32. The third-order valence-corrected chi connectivity index (χ3v) is 2.63. The number of benzene rings is 1. The Morgan fingerprint density at radius 3 is 2.76 bits per heavy atom. The predicted octanol–water partition coefficient (Wildman–Crippen LogP) is 2.12. The summed E-state index contributed by atoms with van der Waals surface area (Å²) in [4.78, 5) is 2.31. The van der Waals surface area contributed by atoms with Gasteiger partial charge in [-0.2, -0.15) is 0 Å². The topological polar surface area (TPSA) is 24.5 Å². The molecule has 0 saturated heterocycles. The molecule has 96 valence electrons. The van der Waals surface area contributed by atoms with Crippen LogP contribution in [0.25, 0.3) is 0 Å². The molecule has 1 rings (SSSR count). The molecule has 0 spiro atoms. The largest absolute Gasteiger partial charge is 0.497 e. The smallest absolute Gasteiger partial charge is 0.119 e. The third-order valence-electron chi connectivity index (χ3n) is 2.63. The SMILES string of the molecule is COc1cccc(CN(C)CCNC(C)C)c1. The van der Waals surface area contributed by atoms with Crippen LogP contribution in [0.2, 0.25) is 0 Å². The summed E-state index contributed by atoms with van der Waals surface area (Å²) in [6.07, 6.45) is 0. The van der Waals surface area contributed by atoms with E-state index in [0.29, 0.717) is 6.04 Å². The van der Waals surface area contributed by atoms with Gasteiger partial charge in [-0.15, -0.1) is 0 Å². The van der Waals surface area contributed by atoms with E-state index < -0.39 is 0 Å². The number of ether oxygens (including phenoxy) is 1. The van der Waals surface area contributed by atoms with Crippen molar-refractivity contribution in [1.29, 1.82) is 0 Å². The van der Waals surface area contributed by atoms with Crippen molar-refractivity contribution in [2.24, 2.45) is 0 Å². The van der Waals surface area contributed by atoms with E-state index in [1.54, 1.807) is 7.11 Å². The molecule has 0 atom stereocenters. The first-order valence-electron chi connectivity index (χ1n) is 6.16. The molecule has 0 aliphatic heterocycles. The fraction of sp³-hybridized carbons (Fsp3) is 0.571. The number of methoxy groups -OCH3 is 1. The maximum atomic E-state index is 5.22. The summed E-state index contributed by atoms with van der Waals surface area (Å²) in [7, 11) is 3.84. The van der Waals surface area contributed by atoms with Crippen LogP contribution in [0.1, 0.15) is 19.4 Å². The van der Waals surface area contributed by atoms with Gasteiger partial charge in [0.1, 0.15) is 5.75 Å². The Balaban J connectivity index is 2.36. The molecule has 3 heteroatoms. The Morgan fingerprint density at radius 1 is 1.35 bits per heavy atom. The molecule has 0 amide bonds. The average Bonchev–Trinajstić information content (AvgIpc) is 2.28. The van der Waals surface area contributed by atoms with E-state index in [1.165, 1.54) is 5.56 Å². The average molecular weight is 236 g/mol. The van der Waals surface area contributed by atoms with Gasteiger partial charge in [0.05, 0.1) is 7.11 Å². The summed E-state index contributed by atoms with van der Waals surface area (Å²) < 4.78 is 5.22. The van der Waals surface area contributed by atoms with E-state index in [0.717, 1.165) is 25.4 Å². The highest BCUT2D eigenvalue weighted by Gasteiger charge is 2.01. The maximum Gasteiger partial charge on any atom is 0.119 e. The van der Waals surface area contributed by atoms with Crippen LogP contribution in [0.5, 0.6) is 5.75 Å². The van der Waals surface area contributed by atoms with E-state index in [2.05, 4.69) is 43.2 Å². The van der Waals surface area contributed by atoms with Crippen LogP contribution in [0.3, 0.4) is 0 Å². The van der Waals surface area contributed by atoms with Gasteiger partial charge in [0, 0.05) is 25.7 Å². The lowest BCUT2D eigenvalue weighted by atomic mass is 10.2. The van der Waals surface area contributed by atoms with Crippen LogP contribution < -0.4 is 10.1 Å². The molecular formula is C14H24N2O. The second-order valence-corrected chi connectivity index (χ2v) is 4.70. The van der Waals surface area contributed by atoms with Crippen molar-refractivity contribution < 1.29 is 4.74 Å². The van der Waals surface area contributed by atoms with Crippen molar-refractivity contribution in [3.8, 4) is 5.75 Å². The summed E-state index contributed by atoms with van der Waals surface area (Å²) in [5.41, 5.74) is 1.29. The van der Waals surface area contributed by atoms with Gasteiger partial charge in [0.15, 0.2) is 0 Å². The van der Waals surface area contributed by atoms with Crippen LogP contribution in [-0.4, -0.2) is 38.2 Å². The van der Waals surface area contributed by atoms with E-state index in [4.69, 9.17) is 4.74 Å². The number of hydrogen-bond donors (Lipinski definition) is 1. The Labute approximate surface area is 105 Å². The van der Waals surface area contributed by atoms with Gasteiger partial charge in [-0.3, -0.25) is 0 Å². The lowest BCUT2D eigenvalue weighted by molar-refractivity contribution is 0.319. The molecule has 1 N–H and O–H groups in total. The van der Waals surface area contributed by atoms with Crippen molar-refractivity contribution in [3.63, 3.8) is 0 Å². The van der Waals surface area contributed by atoms with Crippen molar-refractivity contribution in [2.75, 3.05) is 27.2 Å². The molecule has 0 aliphatic rings. The van der Waals surface area contributed by atoms with Gasteiger partial charge in [0.25, 0.3) is 0 Å². The minimum Gasteiger partial charge on any atom is -0.497 e. The fourth-order valence-electron chi connectivity index (χ4n) is 1.71. The molecule has 0 heterocycles. The van der Waals surface area contributed by atoms with Crippen molar-refractivity contribution in [1.82, 2.24) is 10.2 Å². The summed E-state index contributed by atoms with van der Waals surface area (Å²) in [6.45, 7) is 7.37. The Bertz CT molecular complexity index is 326. The Morgan fingerprint density at radius 2 is 2.12 bits per heavy atom. The molecule has 3 nitrogen and oxygen atoms in total. The monoisotopic (exact) mass is 236 g/mol. The summed E-state index contributed by atoms with van der Waals surface area (Å²) in [5.74, 6) is 0.927. The Hall–Kier alpha value is -1.06. The van der Waals surface area contributed by atoms with E-state index in [1.807, 2.05) is 12.1 Å². The first-order chi connectivity index (χ1) is 8.11. The number of hydrogen-bond acceptors (Lipinski definition) is 3. The molecule has 0 aliphatic carbocycles. The fourth-order valence-corrected chi connectivity index (χ4v) is 1.71. The summed E-state index contributed by atoms with van der Waals surface area (Å²) in [5, 5.41) is 3.42. The zero-order valence-electron chi connectivity index (χ0n) is 11.4. The van der Waals surface area contributed by atoms with Gasteiger partial charge in [-0.05, 0) is 24.7 Å².